The van der Waals surface area contributed by atoms with Crippen LogP contribution in [0.25, 0.3) is 0 Å². The van der Waals surface area contributed by atoms with E-state index < -0.39 is 7.60 Å². The van der Waals surface area contributed by atoms with Crippen molar-refractivity contribution in [3.8, 4) is 0 Å². The van der Waals surface area contributed by atoms with Crippen LogP contribution in [0, 0.1) is 0 Å². The quantitative estimate of drug-likeness (QED) is 0.345. The van der Waals surface area contributed by atoms with Crippen LogP contribution >= 0.6 is 7.60 Å². The van der Waals surface area contributed by atoms with Crippen LogP contribution in [0.5, 0.6) is 0 Å². The van der Waals surface area contributed by atoms with E-state index in [0.717, 1.165) is 12.8 Å². The molecule has 0 aromatic rings. The van der Waals surface area contributed by atoms with Crippen molar-refractivity contribution in [1.29, 1.82) is 0 Å². The second kappa shape index (κ2) is 8.98. The minimum atomic E-state index is -2.95. The van der Waals surface area contributed by atoms with E-state index in [0.29, 0.717) is 13.2 Å². The standard InChI is InChI=1S/C12H25O3P/c1-5-8-9-10-11-12(4)16(13,14-6-2)15-7-3/h10-12H,5-9H2,1-4H3/b11-10+. The summed E-state index contributed by atoms with van der Waals surface area (Å²) in [5.74, 6) is 0. The van der Waals surface area contributed by atoms with Crippen molar-refractivity contribution in [3.63, 3.8) is 0 Å². The lowest BCUT2D eigenvalue weighted by molar-refractivity contribution is 0.216. The first-order chi connectivity index (χ1) is 7.60. The maximum atomic E-state index is 12.3. The van der Waals surface area contributed by atoms with Crippen LogP contribution in [0.2, 0.25) is 0 Å². The lowest BCUT2D eigenvalue weighted by Crippen LogP contribution is -2.07. The van der Waals surface area contributed by atoms with E-state index >= 15 is 0 Å². The normalized spacial score (nSPS) is 14.5. The number of hydrogen-bond donors (Lipinski definition) is 0. The topological polar surface area (TPSA) is 35.5 Å². The van der Waals surface area contributed by atoms with Crippen molar-refractivity contribution in [2.24, 2.45) is 0 Å². The van der Waals surface area contributed by atoms with E-state index in [9.17, 15) is 4.57 Å². The fourth-order valence-electron chi connectivity index (χ4n) is 1.35. The van der Waals surface area contributed by atoms with Crippen molar-refractivity contribution in [2.45, 2.75) is 52.6 Å². The Morgan fingerprint density at radius 2 is 1.75 bits per heavy atom. The molecule has 0 amide bonds. The smallest absolute Gasteiger partial charge is 0.308 e. The molecule has 0 aromatic heterocycles. The third-order valence-electron chi connectivity index (χ3n) is 2.26. The molecule has 0 aromatic carbocycles. The van der Waals surface area contributed by atoms with Gasteiger partial charge in [-0.15, -0.1) is 0 Å². The second-order valence-corrected chi connectivity index (χ2v) is 6.10. The summed E-state index contributed by atoms with van der Waals surface area (Å²) in [6, 6.07) is 0. The molecule has 4 heteroatoms. The van der Waals surface area contributed by atoms with Crippen LogP contribution in [0.4, 0.5) is 0 Å². The molecule has 0 aliphatic heterocycles. The van der Waals surface area contributed by atoms with Crippen molar-refractivity contribution in [1.82, 2.24) is 0 Å². The van der Waals surface area contributed by atoms with Crippen molar-refractivity contribution < 1.29 is 13.6 Å². The molecule has 0 fully saturated rings. The maximum Gasteiger partial charge on any atom is 0.337 e. The van der Waals surface area contributed by atoms with Crippen molar-refractivity contribution >= 4 is 7.60 Å². The molecule has 0 rings (SSSR count). The Kier molecular flexibility index (Phi) is 8.91. The van der Waals surface area contributed by atoms with Gasteiger partial charge in [-0.1, -0.05) is 31.9 Å². The van der Waals surface area contributed by atoms with Gasteiger partial charge in [-0.25, -0.2) is 0 Å². The summed E-state index contributed by atoms with van der Waals surface area (Å²) in [6.45, 7) is 8.55. The summed E-state index contributed by atoms with van der Waals surface area (Å²) < 4.78 is 22.8. The Labute approximate surface area is 99.8 Å². The summed E-state index contributed by atoms with van der Waals surface area (Å²) in [4.78, 5) is 0. The molecule has 0 radical (unpaired) electrons. The third-order valence-corrected chi connectivity index (χ3v) is 4.66. The van der Waals surface area contributed by atoms with Gasteiger partial charge in [0.15, 0.2) is 0 Å². The van der Waals surface area contributed by atoms with Gasteiger partial charge in [0.2, 0.25) is 0 Å². The minimum absolute atomic E-state index is 0.163. The van der Waals surface area contributed by atoms with Gasteiger partial charge in [-0.2, -0.15) is 0 Å². The first-order valence-corrected chi connectivity index (χ1v) is 7.77. The molecule has 1 unspecified atom stereocenters. The highest BCUT2D eigenvalue weighted by atomic mass is 31.2. The molecular formula is C12H25O3P. The molecule has 16 heavy (non-hydrogen) atoms. The second-order valence-electron chi connectivity index (χ2n) is 3.69. The van der Waals surface area contributed by atoms with Gasteiger partial charge < -0.3 is 9.05 Å². The molecule has 0 N–H and O–H groups in total. The molecule has 0 saturated heterocycles. The Morgan fingerprint density at radius 3 is 2.19 bits per heavy atom. The highest BCUT2D eigenvalue weighted by Gasteiger charge is 2.29. The zero-order valence-electron chi connectivity index (χ0n) is 10.9. The fraction of sp³-hybridized carbons (Fsp3) is 0.833. The molecule has 0 aliphatic rings. The molecule has 0 bridgehead atoms. The van der Waals surface area contributed by atoms with Crippen LogP contribution in [0.1, 0.15) is 47.0 Å². The van der Waals surface area contributed by atoms with Crippen LogP contribution < -0.4 is 0 Å². The van der Waals surface area contributed by atoms with E-state index in [1.165, 1.54) is 6.42 Å². The summed E-state index contributed by atoms with van der Waals surface area (Å²) in [5, 5.41) is 0. The Bertz CT molecular complexity index is 228. The van der Waals surface area contributed by atoms with Gasteiger partial charge in [0.25, 0.3) is 0 Å². The summed E-state index contributed by atoms with van der Waals surface area (Å²) in [7, 11) is -2.95. The highest BCUT2D eigenvalue weighted by molar-refractivity contribution is 7.54. The molecule has 0 spiro atoms. The summed E-state index contributed by atoms with van der Waals surface area (Å²) >= 11 is 0. The molecule has 0 heterocycles. The van der Waals surface area contributed by atoms with Crippen molar-refractivity contribution in [3.05, 3.63) is 12.2 Å². The van der Waals surface area contributed by atoms with Gasteiger partial charge in [0.05, 0.1) is 18.9 Å². The zero-order chi connectivity index (χ0) is 12.4. The average molecular weight is 248 g/mol. The third kappa shape index (κ3) is 5.83. The average Bonchev–Trinajstić information content (AvgIpc) is 2.24. The van der Waals surface area contributed by atoms with Crippen LogP contribution in [0.3, 0.4) is 0 Å². The van der Waals surface area contributed by atoms with E-state index in [-0.39, 0.29) is 5.66 Å². The predicted octanol–water partition coefficient (Wildman–Crippen LogP) is 4.39. The first kappa shape index (κ1) is 15.9. The molecular weight excluding hydrogens is 223 g/mol. The fourth-order valence-corrected chi connectivity index (χ4v) is 2.95. The largest absolute Gasteiger partial charge is 0.337 e. The lowest BCUT2D eigenvalue weighted by Gasteiger charge is -2.20. The zero-order valence-corrected chi connectivity index (χ0v) is 11.8. The highest BCUT2D eigenvalue weighted by Crippen LogP contribution is 2.53. The van der Waals surface area contributed by atoms with Crippen LogP contribution in [0.15, 0.2) is 12.2 Å². The monoisotopic (exact) mass is 248 g/mol. The number of hydrogen-bond acceptors (Lipinski definition) is 3. The number of rotatable bonds is 9. The van der Waals surface area contributed by atoms with Gasteiger partial charge >= 0.3 is 7.60 Å². The minimum Gasteiger partial charge on any atom is -0.308 e. The van der Waals surface area contributed by atoms with E-state index in [1.807, 2.05) is 26.8 Å². The Balaban J connectivity index is 4.31. The van der Waals surface area contributed by atoms with E-state index in [2.05, 4.69) is 13.0 Å². The van der Waals surface area contributed by atoms with Crippen molar-refractivity contribution in [2.75, 3.05) is 13.2 Å². The van der Waals surface area contributed by atoms with E-state index in [4.69, 9.17) is 9.05 Å². The Morgan fingerprint density at radius 1 is 1.19 bits per heavy atom. The molecule has 0 aliphatic carbocycles. The van der Waals surface area contributed by atoms with Gasteiger partial charge in [0.1, 0.15) is 0 Å². The summed E-state index contributed by atoms with van der Waals surface area (Å²) in [5.41, 5.74) is -0.163. The maximum absolute atomic E-state index is 12.3. The SMILES string of the molecule is CCCC/C=C/C(C)P(=O)(OCC)OCC. The van der Waals surface area contributed by atoms with Crippen LogP contribution in [-0.4, -0.2) is 18.9 Å². The molecule has 0 saturated carbocycles. The van der Waals surface area contributed by atoms with Gasteiger partial charge in [-0.05, 0) is 27.2 Å². The van der Waals surface area contributed by atoms with Gasteiger partial charge in [0, 0.05) is 0 Å². The molecule has 96 valence electrons. The Hall–Kier alpha value is -0.110. The number of unbranched alkanes of at least 4 members (excludes halogenated alkanes) is 2. The number of allylic oxidation sites excluding steroid dienone is 2. The predicted molar refractivity (Wildman–Crippen MR) is 69.0 cm³/mol. The first-order valence-electron chi connectivity index (χ1n) is 6.16. The van der Waals surface area contributed by atoms with Gasteiger partial charge in [-0.3, -0.25) is 4.57 Å². The molecule has 1 atom stereocenters. The summed E-state index contributed by atoms with van der Waals surface area (Å²) in [6.07, 6.45) is 7.38. The van der Waals surface area contributed by atoms with E-state index in [1.54, 1.807) is 0 Å². The lowest BCUT2D eigenvalue weighted by atomic mass is 10.2. The molecule has 3 nitrogen and oxygen atoms in total. The van der Waals surface area contributed by atoms with Crippen LogP contribution in [-0.2, 0) is 13.6 Å².